The number of anilines is 1. The molecule has 0 spiro atoms. The molecule has 24 heavy (non-hydrogen) atoms. The first-order valence-corrected chi connectivity index (χ1v) is 9.31. The summed E-state index contributed by atoms with van der Waals surface area (Å²) in [5, 5.41) is 0. The summed E-state index contributed by atoms with van der Waals surface area (Å²) >= 11 is 2.44. The van der Waals surface area contributed by atoms with Gasteiger partial charge in [-0.2, -0.15) is 0 Å². The fraction of sp³-hybridized carbons (Fsp3) is 0.182. The molecule has 0 aliphatic heterocycles. The van der Waals surface area contributed by atoms with E-state index >= 15 is 0 Å². The second kappa shape index (κ2) is 7.84. The van der Waals surface area contributed by atoms with Gasteiger partial charge in [-0.1, -0.05) is 60.7 Å². The fourth-order valence-electron chi connectivity index (χ4n) is 2.95. The zero-order chi connectivity index (χ0) is 16.9. The lowest BCUT2D eigenvalue weighted by Gasteiger charge is -2.26. The van der Waals surface area contributed by atoms with Crippen LogP contribution in [-0.4, -0.2) is 0 Å². The maximum atomic E-state index is 2.46. The molecule has 0 atom stereocenters. The van der Waals surface area contributed by atoms with Gasteiger partial charge >= 0.3 is 0 Å². The van der Waals surface area contributed by atoms with E-state index in [1.807, 2.05) is 0 Å². The molecule has 0 fully saturated rings. The van der Waals surface area contributed by atoms with E-state index < -0.39 is 0 Å². The lowest BCUT2D eigenvalue weighted by molar-refractivity contribution is 0.798. The number of halogens is 1. The molecule has 0 saturated heterocycles. The summed E-state index contributed by atoms with van der Waals surface area (Å²) in [5.41, 5.74) is 6.65. The summed E-state index contributed by atoms with van der Waals surface area (Å²) in [6.07, 6.45) is 0. The average molecular weight is 427 g/mol. The smallest absolute Gasteiger partial charge is 0.0433 e. The summed E-state index contributed by atoms with van der Waals surface area (Å²) in [6.45, 7) is 6.22. The SMILES string of the molecule is Cc1cc(N(Cc2ccccc2)Cc2ccccc2)cc(C)c1I. The minimum Gasteiger partial charge on any atom is -0.363 e. The average Bonchev–Trinajstić information content (AvgIpc) is 2.60. The van der Waals surface area contributed by atoms with Crippen LogP contribution < -0.4 is 4.90 Å². The molecule has 0 bridgehead atoms. The molecule has 0 radical (unpaired) electrons. The van der Waals surface area contributed by atoms with E-state index in [9.17, 15) is 0 Å². The molecule has 0 aromatic heterocycles. The second-order valence-electron chi connectivity index (χ2n) is 6.22. The van der Waals surface area contributed by atoms with Crippen molar-refractivity contribution in [1.82, 2.24) is 0 Å². The third-order valence-corrected chi connectivity index (χ3v) is 5.92. The summed E-state index contributed by atoms with van der Waals surface area (Å²) in [4.78, 5) is 2.46. The number of benzene rings is 3. The van der Waals surface area contributed by atoms with E-state index in [2.05, 4.69) is 114 Å². The zero-order valence-electron chi connectivity index (χ0n) is 14.2. The van der Waals surface area contributed by atoms with Gasteiger partial charge in [0.25, 0.3) is 0 Å². The van der Waals surface area contributed by atoms with Crippen molar-refractivity contribution in [3.8, 4) is 0 Å². The van der Waals surface area contributed by atoms with Gasteiger partial charge in [-0.15, -0.1) is 0 Å². The lowest BCUT2D eigenvalue weighted by atomic mass is 10.1. The molecule has 3 rings (SSSR count). The third-order valence-electron chi connectivity index (χ3n) is 4.22. The summed E-state index contributed by atoms with van der Waals surface area (Å²) in [7, 11) is 0. The molecular weight excluding hydrogens is 405 g/mol. The first-order chi connectivity index (χ1) is 11.6. The molecule has 122 valence electrons. The number of hydrogen-bond donors (Lipinski definition) is 0. The van der Waals surface area contributed by atoms with Crippen molar-refractivity contribution in [2.75, 3.05) is 4.90 Å². The first kappa shape index (κ1) is 17.0. The van der Waals surface area contributed by atoms with Gasteiger partial charge < -0.3 is 4.90 Å². The van der Waals surface area contributed by atoms with Crippen molar-refractivity contribution in [2.45, 2.75) is 26.9 Å². The van der Waals surface area contributed by atoms with Crippen LogP contribution in [0.4, 0.5) is 5.69 Å². The summed E-state index contributed by atoms with van der Waals surface area (Å²) < 4.78 is 1.36. The van der Waals surface area contributed by atoms with Crippen LogP contribution in [0.2, 0.25) is 0 Å². The molecule has 1 nitrogen and oxygen atoms in total. The van der Waals surface area contributed by atoms with E-state index in [-0.39, 0.29) is 0 Å². The Hall–Kier alpha value is -1.81. The van der Waals surface area contributed by atoms with E-state index in [1.165, 1.54) is 31.5 Å². The van der Waals surface area contributed by atoms with Gasteiger partial charge in [0.05, 0.1) is 0 Å². The van der Waals surface area contributed by atoms with Gasteiger partial charge in [-0.05, 0) is 70.8 Å². The normalized spacial score (nSPS) is 10.6. The Bertz CT molecular complexity index is 732. The van der Waals surface area contributed by atoms with E-state index in [0.717, 1.165) is 13.1 Å². The molecule has 3 aromatic rings. The largest absolute Gasteiger partial charge is 0.363 e. The lowest BCUT2D eigenvalue weighted by Crippen LogP contribution is -2.22. The Labute approximate surface area is 158 Å². The Morgan fingerprint density at radius 3 is 1.54 bits per heavy atom. The predicted octanol–water partition coefficient (Wildman–Crippen LogP) is 6.11. The Morgan fingerprint density at radius 1 is 0.708 bits per heavy atom. The molecule has 0 aliphatic rings. The second-order valence-corrected chi connectivity index (χ2v) is 7.30. The Balaban J connectivity index is 1.95. The standard InChI is InChI=1S/C22H22IN/c1-17-13-21(14-18(2)22(17)23)24(15-19-9-5-3-6-10-19)16-20-11-7-4-8-12-20/h3-14H,15-16H2,1-2H3. The third kappa shape index (κ3) is 4.18. The van der Waals surface area contributed by atoms with Crippen LogP contribution in [0.3, 0.4) is 0 Å². The zero-order valence-corrected chi connectivity index (χ0v) is 16.3. The highest BCUT2D eigenvalue weighted by Gasteiger charge is 2.11. The molecule has 0 amide bonds. The Kier molecular flexibility index (Phi) is 5.56. The van der Waals surface area contributed by atoms with Crippen molar-refractivity contribution >= 4 is 28.3 Å². The van der Waals surface area contributed by atoms with Gasteiger partial charge in [0.15, 0.2) is 0 Å². The van der Waals surface area contributed by atoms with E-state index in [1.54, 1.807) is 0 Å². The topological polar surface area (TPSA) is 3.24 Å². The molecular formula is C22H22IN. The van der Waals surface area contributed by atoms with Gasteiger partial charge in [-0.3, -0.25) is 0 Å². The molecule has 0 saturated carbocycles. The minimum atomic E-state index is 0.912. The highest BCUT2D eigenvalue weighted by atomic mass is 127. The van der Waals surface area contributed by atoms with Gasteiger partial charge in [0, 0.05) is 22.3 Å². The monoisotopic (exact) mass is 427 g/mol. The minimum absolute atomic E-state index is 0.912. The van der Waals surface area contributed by atoms with Gasteiger partial charge in [0.1, 0.15) is 0 Å². The van der Waals surface area contributed by atoms with Crippen LogP contribution in [0.15, 0.2) is 72.8 Å². The number of hydrogen-bond acceptors (Lipinski definition) is 1. The van der Waals surface area contributed by atoms with Crippen LogP contribution >= 0.6 is 22.6 Å². The maximum absolute atomic E-state index is 2.46. The molecule has 2 heteroatoms. The maximum Gasteiger partial charge on any atom is 0.0433 e. The number of nitrogens with zero attached hydrogens (tertiary/aromatic N) is 1. The Morgan fingerprint density at radius 2 is 1.12 bits per heavy atom. The highest BCUT2D eigenvalue weighted by molar-refractivity contribution is 14.1. The highest BCUT2D eigenvalue weighted by Crippen LogP contribution is 2.27. The van der Waals surface area contributed by atoms with Crippen molar-refractivity contribution in [1.29, 1.82) is 0 Å². The van der Waals surface area contributed by atoms with E-state index in [4.69, 9.17) is 0 Å². The quantitative estimate of drug-likeness (QED) is 0.444. The first-order valence-electron chi connectivity index (χ1n) is 8.23. The predicted molar refractivity (Wildman–Crippen MR) is 111 cm³/mol. The van der Waals surface area contributed by atoms with Gasteiger partial charge in [0.2, 0.25) is 0 Å². The van der Waals surface area contributed by atoms with Crippen LogP contribution in [0.25, 0.3) is 0 Å². The van der Waals surface area contributed by atoms with Crippen molar-refractivity contribution in [2.24, 2.45) is 0 Å². The van der Waals surface area contributed by atoms with Crippen molar-refractivity contribution < 1.29 is 0 Å². The number of aryl methyl sites for hydroxylation is 2. The molecule has 0 aliphatic carbocycles. The molecule has 0 N–H and O–H groups in total. The van der Waals surface area contributed by atoms with Crippen molar-refractivity contribution in [3.63, 3.8) is 0 Å². The van der Waals surface area contributed by atoms with Crippen LogP contribution in [0, 0.1) is 17.4 Å². The van der Waals surface area contributed by atoms with Crippen LogP contribution in [0.1, 0.15) is 22.3 Å². The van der Waals surface area contributed by atoms with E-state index in [0.29, 0.717) is 0 Å². The van der Waals surface area contributed by atoms with Crippen molar-refractivity contribution in [3.05, 3.63) is 98.6 Å². The van der Waals surface area contributed by atoms with Crippen LogP contribution in [-0.2, 0) is 13.1 Å². The van der Waals surface area contributed by atoms with Crippen LogP contribution in [0.5, 0.6) is 0 Å². The fourth-order valence-corrected chi connectivity index (χ4v) is 3.26. The van der Waals surface area contributed by atoms with Gasteiger partial charge in [-0.25, -0.2) is 0 Å². The number of rotatable bonds is 5. The molecule has 0 unspecified atom stereocenters. The summed E-state index contributed by atoms with van der Waals surface area (Å²) in [6, 6.07) is 26.0. The molecule has 3 aromatic carbocycles. The molecule has 0 heterocycles. The summed E-state index contributed by atoms with van der Waals surface area (Å²) in [5.74, 6) is 0.